The van der Waals surface area contributed by atoms with Crippen LogP contribution in [0.4, 0.5) is 4.79 Å². The zero-order chi connectivity index (χ0) is 17.7. The second kappa shape index (κ2) is 8.02. The van der Waals surface area contributed by atoms with Gasteiger partial charge < -0.3 is 15.0 Å². The quantitative estimate of drug-likeness (QED) is 0.867. The van der Waals surface area contributed by atoms with Crippen molar-refractivity contribution in [2.75, 3.05) is 13.1 Å². The van der Waals surface area contributed by atoms with Gasteiger partial charge in [-0.25, -0.2) is 4.79 Å². The molecule has 0 bridgehead atoms. The van der Waals surface area contributed by atoms with Gasteiger partial charge in [0, 0.05) is 25.2 Å². The van der Waals surface area contributed by atoms with Gasteiger partial charge in [0.1, 0.15) is 5.60 Å². The highest BCUT2D eigenvalue weighted by Gasteiger charge is 2.32. The van der Waals surface area contributed by atoms with Crippen LogP contribution in [0.25, 0.3) is 0 Å². The standard InChI is InChI=1S/C20H32N2O2/c1-6-18(16-11-9-15(2)10-12-16)21-14-17-8-7-13-22(17)19(23)24-20(3,4)5/h9-12,17-18,21H,6-8,13-14H2,1-5H3. The monoisotopic (exact) mass is 332 g/mol. The molecule has 0 aromatic heterocycles. The maximum absolute atomic E-state index is 12.4. The largest absolute Gasteiger partial charge is 0.444 e. The molecule has 1 aliphatic heterocycles. The van der Waals surface area contributed by atoms with E-state index in [1.54, 1.807) is 0 Å². The van der Waals surface area contributed by atoms with E-state index in [9.17, 15) is 4.79 Å². The second-order valence-corrected chi connectivity index (χ2v) is 7.75. The number of nitrogens with one attached hydrogen (secondary N) is 1. The third-order valence-corrected chi connectivity index (χ3v) is 4.49. The highest BCUT2D eigenvalue weighted by atomic mass is 16.6. The Kier molecular flexibility index (Phi) is 6.27. The van der Waals surface area contributed by atoms with Gasteiger partial charge in [-0.3, -0.25) is 0 Å². The molecule has 2 rings (SSSR count). The molecule has 1 aliphatic rings. The van der Waals surface area contributed by atoms with E-state index in [-0.39, 0.29) is 12.1 Å². The van der Waals surface area contributed by atoms with Crippen molar-refractivity contribution in [2.24, 2.45) is 0 Å². The van der Waals surface area contributed by atoms with Gasteiger partial charge in [-0.1, -0.05) is 36.8 Å². The molecule has 0 radical (unpaired) electrons. The van der Waals surface area contributed by atoms with Crippen LogP contribution in [0.5, 0.6) is 0 Å². The predicted octanol–water partition coefficient (Wildman–Crippen LogP) is 4.44. The molecule has 4 nitrogen and oxygen atoms in total. The summed E-state index contributed by atoms with van der Waals surface area (Å²) in [5.74, 6) is 0. The number of benzene rings is 1. The van der Waals surface area contributed by atoms with Gasteiger partial charge in [0.15, 0.2) is 0 Å². The summed E-state index contributed by atoms with van der Waals surface area (Å²) in [5.41, 5.74) is 2.15. The molecule has 0 saturated carbocycles. The van der Waals surface area contributed by atoms with Crippen molar-refractivity contribution in [2.45, 2.75) is 71.6 Å². The molecule has 134 valence electrons. The second-order valence-electron chi connectivity index (χ2n) is 7.75. The first-order chi connectivity index (χ1) is 11.3. The lowest BCUT2D eigenvalue weighted by molar-refractivity contribution is 0.0224. The minimum absolute atomic E-state index is 0.185. The number of carbonyl (C=O) groups is 1. The molecule has 1 saturated heterocycles. The first-order valence-corrected chi connectivity index (χ1v) is 9.09. The molecule has 2 unspecified atom stereocenters. The van der Waals surface area contributed by atoms with Crippen molar-refractivity contribution >= 4 is 6.09 Å². The van der Waals surface area contributed by atoms with Crippen molar-refractivity contribution in [1.29, 1.82) is 0 Å². The number of aryl methyl sites for hydroxylation is 1. The Balaban J connectivity index is 1.93. The SMILES string of the molecule is CCC(NCC1CCCN1C(=O)OC(C)(C)C)c1ccc(C)cc1. The molecule has 1 N–H and O–H groups in total. The van der Waals surface area contributed by atoms with E-state index < -0.39 is 5.60 Å². The highest BCUT2D eigenvalue weighted by molar-refractivity contribution is 5.69. The molecule has 0 spiro atoms. The summed E-state index contributed by atoms with van der Waals surface area (Å²) >= 11 is 0. The van der Waals surface area contributed by atoms with Crippen LogP contribution in [0.1, 0.15) is 64.1 Å². The van der Waals surface area contributed by atoms with Crippen LogP contribution in [-0.2, 0) is 4.74 Å². The molecule has 1 fully saturated rings. The van der Waals surface area contributed by atoms with Crippen LogP contribution in [0, 0.1) is 6.92 Å². The van der Waals surface area contributed by atoms with Gasteiger partial charge in [-0.2, -0.15) is 0 Å². The first-order valence-electron chi connectivity index (χ1n) is 9.09. The Morgan fingerprint density at radius 2 is 2.00 bits per heavy atom. The number of likely N-dealkylation sites (tertiary alicyclic amines) is 1. The highest BCUT2D eigenvalue weighted by Crippen LogP contribution is 2.22. The van der Waals surface area contributed by atoms with Gasteiger partial charge in [0.2, 0.25) is 0 Å². The fraction of sp³-hybridized carbons (Fsp3) is 0.650. The Hall–Kier alpha value is -1.55. The van der Waals surface area contributed by atoms with E-state index in [1.807, 2.05) is 25.7 Å². The fourth-order valence-corrected chi connectivity index (χ4v) is 3.18. The van der Waals surface area contributed by atoms with Crippen LogP contribution in [-0.4, -0.2) is 35.7 Å². The number of hydrogen-bond acceptors (Lipinski definition) is 3. The van der Waals surface area contributed by atoms with Crippen molar-refractivity contribution in [3.63, 3.8) is 0 Å². The minimum atomic E-state index is -0.439. The molecule has 2 atom stereocenters. The third kappa shape index (κ3) is 5.23. The van der Waals surface area contributed by atoms with Crippen LogP contribution in [0.15, 0.2) is 24.3 Å². The zero-order valence-electron chi connectivity index (χ0n) is 15.8. The third-order valence-electron chi connectivity index (χ3n) is 4.49. The Morgan fingerprint density at radius 3 is 2.58 bits per heavy atom. The number of amides is 1. The lowest BCUT2D eigenvalue weighted by atomic mass is 10.0. The van der Waals surface area contributed by atoms with E-state index in [1.165, 1.54) is 11.1 Å². The van der Waals surface area contributed by atoms with Gasteiger partial charge in [-0.15, -0.1) is 0 Å². The predicted molar refractivity (Wildman–Crippen MR) is 98.2 cm³/mol. The molecule has 1 aromatic carbocycles. The smallest absolute Gasteiger partial charge is 0.410 e. The van der Waals surface area contributed by atoms with Crippen molar-refractivity contribution < 1.29 is 9.53 Å². The van der Waals surface area contributed by atoms with Gasteiger partial charge >= 0.3 is 6.09 Å². The molecule has 1 heterocycles. The van der Waals surface area contributed by atoms with E-state index in [0.717, 1.165) is 32.4 Å². The fourth-order valence-electron chi connectivity index (χ4n) is 3.18. The summed E-state index contributed by atoms with van der Waals surface area (Å²) in [4.78, 5) is 14.3. The van der Waals surface area contributed by atoms with E-state index in [4.69, 9.17) is 4.74 Å². The summed E-state index contributed by atoms with van der Waals surface area (Å²) < 4.78 is 5.54. The lowest BCUT2D eigenvalue weighted by Crippen LogP contribution is -2.44. The average Bonchev–Trinajstić information content (AvgIpc) is 2.96. The number of hydrogen-bond donors (Lipinski definition) is 1. The van der Waals surface area contributed by atoms with Crippen LogP contribution < -0.4 is 5.32 Å². The summed E-state index contributed by atoms with van der Waals surface area (Å²) in [6.45, 7) is 11.7. The van der Waals surface area contributed by atoms with Gasteiger partial charge in [0.25, 0.3) is 0 Å². The topological polar surface area (TPSA) is 41.6 Å². The van der Waals surface area contributed by atoms with Crippen LogP contribution >= 0.6 is 0 Å². The average molecular weight is 332 g/mol. The van der Waals surface area contributed by atoms with Gasteiger partial charge in [-0.05, 0) is 52.5 Å². The van der Waals surface area contributed by atoms with Crippen molar-refractivity contribution in [1.82, 2.24) is 10.2 Å². The number of nitrogens with zero attached hydrogens (tertiary/aromatic N) is 1. The summed E-state index contributed by atoms with van der Waals surface area (Å²) in [5, 5.41) is 3.65. The molecule has 0 aliphatic carbocycles. The zero-order valence-corrected chi connectivity index (χ0v) is 15.8. The minimum Gasteiger partial charge on any atom is -0.444 e. The Morgan fingerprint density at radius 1 is 1.33 bits per heavy atom. The number of ether oxygens (including phenoxy) is 1. The first kappa shape index (κ1) is 18.8. The van der Waals surface area contributed by atoms with E-state index in [0.29, 0.717) is 6.04 Å². The van der Waals surface area contributed by atoms with Crippen LogP contribution in [0.2, 0.25) is 0 Å². The van der Waals surface area contributed by atoms with Crippen LogP contribution in [0.3, 0.4) is 0 Å². The number of rotatable bonds is 5. The van der Waals surface area contributed by atoms with Crippen molar-refractivity contribution in [3.8, 4) is 0 Å². The molecule has 1 aromatic rings. The number of carbonyl (C=O) groups excluding carboxylic acids is 1. The lowest BCUT2D eigenvalue weighted by Gasteiger charge is -2.30. The molecule has 24 heavy (non-hydrogen) atoms. The Bertz CT molecular complexity index is 534. The molecular weight excluding hydrogens is 300 g/mol. The summed E-state index contributed by atoms with van der Waals surface area (Å²) in [6.07, 6.45) is 2.93. The van der Waals surface area contributed by atoms with E-state index in [2.05, 4.69) is 43.4 Å². The molecular formula is C20H32N2O2. The summed E-state index contributed by atoms with van der Waals surface area (Å²) in [7, 11) is 0. The maximum atomic E-state index is 12.4. The molecule has 4 heteroatoms. The Labute approximate surface area is 146 Å². The van der Waals surface area contributed by atoms with E-state index >= 15 is 0 Å². The summed E-state index contributed by atoms with van der Waals surface area (Å²) in [6, 6.07) is 9.24. The maximum Gasteiger partial charge on any atom is 0.410 e. The van der Waals surface area contributed by atoms with Gasteiger partial charge in [0.05, 0.1) is 0 Å². The molecule has 1 amide bonds. The van der Waals surface area contributed by atoms with Crippen molar-refractivity contribution in [3.05, 3.63) is 35.4 Å². The normalized spacial score (nSPS) is 19.4.